The Hall–Kier alpha value is -2.41. The molecule has 1 aliphatic carbocycles. The minimum atomic E-state index is -0.125. The van der Waals surface area contributed by atoms with Crippen LogP contribution in [0.1, 0.15) is 62.7 Å². The van der Waals surface area contributed by atoms with Crippen LogP contribution in [0.25, 0.3) is 0 Å². The summed E-state index contributed by atoms with van der Waals surface area (Å²) in [5.41, 5.74) is 1.06. The average Bonchev–Trinajstić information content (AvgIpc) is 3.22. The van der Waals surface area contributed by atoms with Crippen LogP contribution in [-0.4, -0.2) is 54.3 Å². The van der Waals surface area contributed by atoms with E-state index < -0.39 is 0 Å². The summed E-state index contributed by atoms with van der Waals surface area (Å²) >= 11 is 0. The van der Waals surface area contributed by atoms with Crippen LogP contribution in [0.3, 0.4) is 0 Å². The molecule has 1 saturated heterocycles. The summed E-state index contributed by atoms with van der Waals surface area (Å²) in [7, 11) is 0. The lowest BCUT2D eigenvalue weighted by atomic mass is 10.0. The van der Waals surface area contributed by atoms with Gasteiger partial charge in [0, 0.05) is 31.1 Å². The number of benzene rings is 1. The van der Waals surface area contributed by atoms with E-state index in [0.29, 0.717) is 11.3 Å². The lowest BCUT2D eigenvalue weighted by Crippen LogP contribution is -2.47. The van der Waals surface area contributed by atoms with Crippen molar-refractivity contribution in [3.63, 3.8) is 0 Å². The van der Waals surface area contributed by atoms with E-state index in [0.717, 1.165) is 51.6 Å². The van der Waals surface area contributed by atoms with Gasteiger partial charge in [0.15, 0.2) is 0 Å². The molecule has 1 saturated carbocycles. The van der Waals surface area contributed by atoms with Gasteiger partial charge in [0.2, 0.25) is 11.8 Å². The van der Waals surface area contributed by atoms with Gasteiger partial charge in [-0.1, -0.05) is 38.8 Å². The first kappa shape index (κ1) is 22.3. The predicted octanol–water partition coefficient (Wildman–Crippen LogP) is 2.53. The van der Waals surface area contributed by atoms with E-state index >= 15 is 0 Å². The molecule has 0 unspecified atom stereocenters. The molecule has 0 atom stereocenters. The summed E-state index contributed by atoms with van der Waals surface area (Å²) < 4.78 is 0. The maximum absolute atomic E-state index is 12.7. The second-order valence-electron chi connectivity index (χ2n) is 8.76. The molecule has 2 aliphatic rings. The van der Waals surface area contributed by atoms with Crippen LogP contribution in [0.5, 0.6) is 0 Å². The number of rotatable bonds is 7. The molecule has 164 valence electrons. The topological polar surface area (TPSA) is 90.5 Å². The zero-order valence-electron chi connectivity index (χ0n) is 18.1. The number of hydrogen-bond donors (Lipinski definition) is 3. The fourth-order valence-electron chi connectivity index (χ4n) is 4.12. The van der Waals surface area contributed by atoms with E-state index in [2.05, 4.69) is 20.9 Å². The summed E-state index contributed by atoms with van der Waals surface area (Å²) in [6.07, 6.45) is 6.03. The summed E-state index contributed by atoms with van der Waals surface area (Å²) in [4.78, 5) is 39.2. The van der Waals surface area contributed by atoms with Gasteiger partial charge in [-0.2, -0.15) is 0 Å². The zero-order valence-corrected chi connectivity index (χ0v) is 18.1. The second-order valence-corrected chi connectivity index (χ2v) is 8.76. The van der Waals surface area contributed by atoms with E-state index in [9.17, 15) is 14.4 Å². The molecule has 3 N–H and O–H groups in total. The van der Waals surface area contributed by atoms with Crippen molar-refractivity contribution in [1.29, 1.82) is 0 Å². The fraction of sp³-hybridized carbons (Fsp3) is 0.609. The van der Waals surface area contributed by atoms with Crippen LogP contribution in [0.2, 0.25) is 0 Å². The van der Waals surface area contributed by atoms with Crippen molar-refractivity contribution in [3.8, 4) is 0 Å². The molecule has 2 fully saturated rings. The van der Waals surface area contributed by atoms with Crippen molar-refractivity contribution in [2.45, 2.75) is 64.5 Å². The fourth-order valence-corrected chi connectivity index (χ4v) is 4.12. The molecule has 3 rings (SSSR count). The molecule has 7 heteroatoms. The summed E-state index contributed by atoms with van der Waals surface area (Å²) in [5.74, 6) is -0.182. The third kappa shape index (κ3) is 6.29. The van der Waals surface area contributed by atoms with Gasteiger partial charge >= 0.3 is 0 Å². The van der Waals surface area contributed by atoms with Gasteiger partial charge in [-0.05, 0) is 37.8 Å². The minimum absolute atomic E-state index is 0.0141. The smallest absolute Gasteiger partial charge is 0.253 e. The number of para-hydroxylation sites is 1. The van der Waals surface area contributed by atoms with Crippen LogP contribution in [0, 0.1) is 5.92 Å². The first-order valence-corrected chi connectivity index (χ1v) is 11.1. The molecular weight excluding hydrogens is 380 g/mol. The van der Waals surface area contributed by atoms with Crippen LogP contribution >= 0.6 is 0 Å². The number of carbonyl (C=O) groups excluding carboxylic acids is 3. The number of amides is 3. The Morgan fingerprint density at radius 3 is 2.27 bits per heavy atom. The number of piperidine rings is 1. The Balaban J connectivity index is 1.48. The van der Waals surface area contributed by atoms with E-state index in [1.165, 1.54) is 0 Å². The number of carbonyl (C=O) groups is 3. The third-order valence-electron chi connectivity index (χ3n) is 5.96. The van der Waals surface area contributed by atoms with Crippen molar-refractivity contribution in [2.75, 3.05) is 25.0 Å². The SMILES string of the molecule is CC(C)C(=O)NC1CCN(CC(=O)Nc2ccccc2C(=O)NC2CCCC2)CC1. The van der Waals surface area contributed by atoms with E-state index in [-0.39, 0.29) is 42.3 Å². The molecule has 1 heterocycles. The van der Waals surface area contributed by atoms with Crippen molar-refractivity contribution < 1.29 is 14.4 Å². The summed E-state index contributed by atoms with van der Waals surface area (Å²) in [6.45, 7) is 5.59. The van der Waals surface area contributed by atoms with Crippen LogP contribution in [0.15, 0.2) is 24.3 Å². The molecule has 0 bridgehead atoms. The Bertz CT molecular complexity index is 751. The van der Waals surface area contributed by atoms with Crippen LogP contribution in [-0.2, 0) is 9.59 Å². The maximum atomic E-state index is 12.7. The first-order valence-electron chi connectivity index (χ1n) is 11.1. The number of hydrogen-bond acceptors (Lipinski definition) is 4. The number of likely N-dealkylation sites (tertiary alicyclic amines) is 1. The summed E-state index contributed by atoms with van der Waals surface area (Å²) in [5, 5.41) is 9.06. The predicted molar refractivity (Wildman–Crippen MR) is 117 cm³/mol. The Labute approximate surface area is 179 Å². The highest BCUT2D eigenvalue weighted by molar-refractivity contribution is 6.04. The van der Waals surface area contributed by atoms with Gasteiger partial charge in [0.25, 0.3) is 5.91 Å². The van der Waals surface area contributed by atoms with E-state index in [1.54, 1.807) is 12.1 Å². The molecule has 7 nitrogen and oxygen atoms in total. The number of nitrogens with zero attached hydrogens (tertiary/aromatic N) is 1. The Kier molecular flexibility index (Phi) is 7.85. The van der Waals surface area contributed by atoms with Gasteiger partial charge in [-0.3, -0.25) is 19.3 Å². The Morgan fingerprint density at radius 2 is 1.60 bits per heavy atom. The molecule has 0 spiro atoms. The largest absolute Gasteiger partial charge is 0.353 e. The van der Waals surface area contributed by atoms with Gasteiger partial charge in [-0.15, -0.1) is 0 Å². The quantitative estimate of drug-likeness (QED) is 0.640. The number of anilines is 1. The van der Waals surface area contributed by atoms with Gasteiger partial charge in [0.1, 0.15) is 0 Å². The highest BCUT2D eigenvalue weighted by Gasteiger charge is 2.24. The van der Waals surface area contributed by atoms with Crippen LogP contribution in [0.4, 0.5) is 5.69 Å². The monoisotopic (exact) mass is 414 g/mol. The highest BCUT2D eigenvalue weighted by atomic mass is 16.2. The number of nitrogens with one attached hydrogen (secondary N) is 3. The van der Waals surface area contributed by atoms with E-state index in [4.69, 9.17) is 0 Å². The minimum Gasteiger partial charge on any atom is -0.353 e. The van der Waals surface area contributed by atoms with Gasteiger partial charge in [0.05, 0.1) is 17.8 Å². The maximum Gasteiger partial charge on any atom is 0.253 e. The second kappa shape index (κ2) is 10.6. The van der Waals surface area contributed by atoms with Gasteiger partial charge < -0.3 is 16.0 Å². The molecule has 3 amide bonds. The van der Waals surface area contributed by atoms with Crippen molar-refractivity contribution >= 4 is 23.4 Å². The molecule has 0 aromatic heterocycles. The van der Waals surface area contributed by atoms with Crippen molar-refractivity contribution in [2.24, 2.45) is 5.92 Å². The standard InChI is InChI=1S/C23H34N4O3/c1-16(2)22(29)24-18-11-13-27(14-12-18)15-21(28)26-20-10-6-5-9-19(20)23(30)25-17-7-3-4-8-17/h5-6,9-10,16-18H,3-4,7-8,11-15H2,1-2H3,(H,24,29)(H,25,30)(H,26,28). The van der Waals surface area contributed by atoms with Crippen molar-refractivity contribution in [1.82, 2.24) is 15.5 Å². The lowest BCUT2D eigenvalue weighted by Gasteiger charge is -2.32. The zero-order chi connectivity index (χ0) is 21.5. The lowest BCUT2D eigenvalue weighted by molar-refractivity contribution is -0.125. The molecular formula is C23H34N4O3. The van der Waals surface area contributed by atoms with Crippen molar-refractivity contribution in [3.05, 3.63) is 29.8 Å². The third-order valence-corrected chi connectivity index (χ3v) is 5.96. The molecule has 30 heavy (non-hydrogen) atoms. The summed E-state index contributed by atoms with van der Waals surface area (Å²) in [6, 6.07) is 7.58. The molecule has 0 radical (unpaired) electrons. The normalized spacial score (nSPS) is 18.4. The highest BCUT2D eigenvalue weighted by Crippen LogP contribution is 2.20. The Morgan fingerprint density at radius 1 is 0.967 bits per heavy atom. The van der Waals surface area contributed by atoms with E-state index in [1.807, 2.05) is 26.0 Å². The molecule has 1 aromatic carbocycles. The van der Waals surface area contributed by atoms with Crippen LogP contribution < -0.4 is 16.0 Å². The van der Waals surface area contributed by atoms with Gasteiger partial charge in [-0.25, -0.2) is 0 Å². The first-order chi connectivity index (χ1) is 14.4. The molecule has 1 aromatic rings. The molecule has 1 aliphatic heterocycles. The average molecular weight is 415 g/mol.